The Labute approximate surface area is 191 Å². The van der Waals surface area contributed by atoms with Crippen molar-refractivity contribution in [3.05, 3.63) is 114 Å². The van der Waals surface area contributed by atoms with Crippen molar-refractivity contribution in [2.45, 2.75) is 12.7 Å². The standard InChI is InChI=1S/C28H21N3S/c1-19-25-26(21-13-7-3-8-14-21)23-18-32-24(17-20-11-5-2-6-12-20)27(23)29-28(25)31(30-19)22-15-9-4-10-16-22/h2-17H,18H2,1H3/b24-17-. The summed E-state index contributed by atoms with van der Waals surface area (Å²) >= 11 is 1.87. The summed E-state index contributed by atoms with van der Waals surface area (Å²) in [6.07, 6.45) is 2.25. The number of aromatic nitrogens is 3. The molecule has 3 heterocycles. The van der Waals surface area contributed by atoms with Crippen LogP contribution < -0.4 is 0 Å². The number of benzene rings is 3. The van der Waals surface area contributed by atoms with Gasteiger partial charge in [0, 0.05) is 16.2 Å². The van der Waals surface area contributed by atoms with Crippen LogP contribution in [0.1, 0.15) is 22.5 Å². The minimum atomic E-state index is 0.910. The zero-order valence-electron chi connectivity index (χ0n) is 17.7. The average Bonchev–Trinajstić information content (AvgIpc) is 3.40. The summed E-state index contributed by atoms with van der Waals surface area (Å²) in [6, 6.07) is 31.4. The summed E-state index contributed by atoms with van der Waals surface area (Å²) < 4.78 is 1.99. The molecule has 1 aliphatic heterocycles. The van der Waals surface area contributed by atoms with Crippen molar-refractivity contribution in [3.63, 3.8) is 0 Å². The number of aryl methyl sites for hydroxylation is 1. The number of nitrogens with zero attached hydrogens (tertiary/aromatic N) is 3. The zero-order valence-corrected chi connectivity index (χ0v) is 18.5. The van der Waals surface area contributed by atoms with E-state index < -0.39 is 0 Å². The fourth-order valence-corrected chi connectivity index (χ4v) is 5.51. The van der Waals surface area contributed by atoms with Gasteiger partial charge >= 0.3 is 0 Å². The van der Waals surface area contributed by atoms with Crippen molar-refractivity contribution in [2.24, 2.45) is 0 Å². The molecule has 154 valence electrons. The Morgan fingerprint density at radius 2 is 1.50 bits per heavy atom. The molecule has 5 aromatic rings. The molecule has 6 rings (SSSR count). The lowest BCUT2D eigenvalue weighted by Crippen LogP contribution is -2.00. The molecule has 4 heteroatoms. The van der Waals surface area contributed by atoms with E-state index in [0.29, 0.717) is 0 Å². The van der Waals surface area contributed by atoms with Crippen LogP contribution in [0.2, 0.25) is 0 Å². The third-order valence-corrected chi connectivity index (χ3v) is 6.91. The summed E-state index contributed by atoms with van der Waals surface area (Å²) in [5.41, 5.74) is 8.97. The van der Waals surface area contributed by atoms with Crippen LogP contribution in [0.3, 0.4) is 0 Å². The Bertz CT molecular complexity index is 1450. The van der Waals surface area contributed by atoms with Crippen LogP contribution in [0, 0.1) is 6.92 Å². The first kappa shape index (κ1) is 19.1. The predicted molar refractivity (Wildman–Crippen MR) is 135 cm³/mol. The second-order valence-electron chi connectivity index (χ2n) is 7.92. The van der Waals surface area contributed by atoms with Gasteiger partial charge in [-0.1, -0.05) is 78.9 Å². The zero-order chi connectivity index (χ0) is 21.5. The highest BCUT2D eigenvalue weighted by molar-refractivity contribution is 8.08. The SMILES string of the molecule is Cc1nn(-c2ccccc2)c2nc3c(c(-c4ccccc4)c12)CS/C3=C\c1ccccc1. The highest BCUT2D eigenvalue weighted by Crippen LogP contribution is 2.47. The monoisotopic (exact) mass is 431 g/mol. The molecule has 0 atom stereocenters. The highest BCUT2D eigenvalue weighted by Gasteiger charge is 2.28. The van der Waals surface area contributed by atoms with Crippen molar-refractivity contribution >= 4 is 33.8 Å². The van der Waals surface area contributed by atoms with E-state index in [1.54, 1.807) is 0 Å². The van der Waals surface area contributed by atoms with Gasteiger partial charge in [-0.15, -0.1) is 11.8 Å². The van der Waals surface area contributed by atoms with Crippen LogP contribution in [-0.2, 0) is 5.75 Å². The van der Waals surface area contributed by atoms with Crippen molar-refractivity contribution in [1.82, 2.24) is 14.8 Å². The molecule has 0 amide bonds. The van der Waals surface area contributed by atoms with Crippen LogP contribution in [0.25, 0.3) is 38.8 Å². The minimum absolute atomic E-state index is 0.910. The molecule has 3 aromatic carbocycles. The Morgan fingerprint density at radius 1 is 0.844 bits per heavy atom. The Kier molecular flexibility index (Phi) is 4.66. The van der Waals surface area contributed by atoms with Gasteiger partial charge in [-0.05, 0) is 41.8 Å². The first-order chi connectivity index (χ1) is 15.8. The number of thioether (sulfide) groups is 1. The molecule has 0 saturated heterocycles. The fourth-order valence-electron chi connectivity index (χ4n) is 4.40. The van der Waals surface area contributed by atoms with Gasteiger partial charge in [-0.25, -0.2) is 9.67 Å². The van der Waals surface area contributed by atoms with E-state index in [4.69, 9.17) is 10.1 Å². The minimum Gasteiger partial charge on any atom is -0.227 e. The van der Waals surface area contributed by atoms with Gasteiger partial charge < -0.3 is 0 Å². The Balaban J connectivity index is 1.67. The molecule has 0 radical (unpaired) electrons. The molecule has 2 aromatic heterocycles. The maximum absolute atomic E-state index is 5.23. The first-order valence-electron chi connectivity index (χ1n) is 10.7. The lowest BCUT2D eigenvalue weighted by molar-refractivity contribution is 0.877. The Morgan fingerprint density at radius 3 is 2.22 bits per heavy atom. The largest absolute Gasteiger partial charge is 0.227 e. The van der Waals surface area contributed by atoms with Crippen LogP contribution in [0.4, 0.5) is 0 Å². The third kappa shape index (κ3) is 3.15. The summed E-state index contributed by atoms with van der Waals surface area (Å²) in [5.74, 6) is 0.914. The van der Waals surface area contributed by atoms with Gasteiger partial charge in [-0.3, -0.25) is 0 Å². The van der Waals surface area contributed by atoms with Gasteiger partial charge in [0.2, 0.25) is 0 Å². The molecular weight excluding hydrogens is 410 g/mol. The number of fused-ring (bicyclic) bond motifs is 2. The van der Waals surface area contributed by atoms with Crippen LogP contribution in [0.5, 0.6) is 0 Å². The van der Waals surface area contributed by atoms with Gasteiger partial charge in [-0.2, -0.15) is 5.10 Å². The second-order valence-corrected chi connectivity index (χ2v) is 8.94. The van der Waals surface area contributed by atoms with E-state index in [0.717, 1.165) is 33.9 Å². The molecule has 0 unspecified atom stereocenters. The fraction of sp³-hybridized carbons (Fsp3) is 0.0714. The van der Waals surface area contributed by atoms with Gasteiger partial charge in [0.1, 0.15) is 0 Å². The smallest absolute Gasteiger partial charge is 0.164 e. The molecular formula is C28H21N3S. The summed E-state index contributed by atoms with van der Waals surface area (Å²) in [5, 5.41) is 6.06. The third-order valence-electron chi connectivity index (χ3n) is 5.86. The lowest BCUT2D eigenvalue weighted by Gasteiger charge is -2.11. The maximum Gasteiger partial charge on any atom is 0.164 e. The van der Waals surface area contributed by atoms with E-state index in [2.05, 4.69) is 79.7 Å². The van der Waals surface area contributed by atoms with E-state index in [9.17, 15) is 0 Å². The molecule has 0 N–H and O–H groups in total. The maximum atomic E-state index is 5.23. The molecule has 0 bridgehead atoms. The topological polar surface area (TPSA) is 30.7 Å². The molecule has 32 heavy (non-hydrogen) atoms. The van der Waals surface area contributed by atoms with Gasteiger partial charge in [0.15, 0.2) is 5.65 Å². The molecule has 0 fully saturated rings. The predicted octanol–water partition coefficient (Wildman–Crippen LogP) is 7.14. The number of para-hydroxylation sites is 1. The van der Waals surface area contributed by atoms with E-state index in [1.807, 2.05) is 40.7 Å². The number of rotatable bonds is 3. The number of hydrogen-bond acceptors (Lipinski definition) is 3. The molecule has 3 nitrogen and oxygen atoms in total. The van der Waals surface area contributed by atoms with Crippen LogP contribution >= 0.6 is 11.8 Å². The van der Waals surface area contributed by atoms with Crippen molar-refractivity contribution in [3.8, 4) is 16.8 Å². The van der Waals surface area contributed by atoms with Gasteiger partial charge in [0.25, 0.3) is 0 Å². The second kappa shape index (κ2) is 7.81. The summed E-state index contributed by atoms with van der Waals surface area (Å²) in [4.78, 5) is 6.44. The quantitative estimate of drug-likeness (QED) is 0.304. The number of pyridine rings is 1. The molecule has 0 spiro atoms. The summed E-state index contributed by atoms with van der Waals surface area (Å²) in [6.45, 7) is 2.09. The molecule has 1 aliphatic rings. The van der Waals surface area contributed by atoms with Crippen LogP contribution in [0.15, 0.2) is 91.0 Å². The van der Waals surface area contributed by atoms with Crippen LogP contribution in [-0.4, -0.2) is 14.8 Å². The average molecular weight is 432 g/mol. The lowest BCUT2D eigenvalue weighted by atomic mass is 9.95. The molecule has 0 saturated carbocycles. The van der Waals surface area contributed by atoms with Crippen molar-refractivity contribution < 1.29 is 0 Å². The number of hydrogen-bond donors (Lipinski definition) is 0. The van der Waals surface area contributed by atoms with E-state index >= 15 is 0 Å². The van der Waals surface area contributed by atoms with Gasteiger partial charge in [0.05, 0.1) is 22.5 Å². The van der Waals surface area contributed by atoms with Crippen molar-refractivity contribution in [1.29, 1.82) is 0 Å². The summed E-state index contributed by atoms with van der Waals surface area (Å²) in [7, 11) is 0. The van der Waals surface area contributed by atoms with Crippen molar-refractivity contribution in [2.75, 3.05) is 0 Å². The Hall–Kier alpha value is -3.63. The van der Waals surface area contributed by atoms with E-state index in [1.165, 1.54) is 27.2 Å². The normalized spacial score (nSPS) is 14.2. The highest BCUT2D eigenvalue weighted by atomic mass is 32.2. The molecule has 0 aliphatic carbocycles. The first-order valence-corrected chi connectivity index (χ1v) is 11.7. The van der Waals surface area contributed by atoms with E-state index in [-0.39, 0.29) is 0 Å².